The Labute approximate surface area is 227 Å². The fraction of sp³-hybridized carbons (Fsp3) is 0.375. The Bertz CT molecular complexity index is 1440. The van der Waals surface area contributed by atoms with Gasteiger partial charge in [0.1, 0.15) is 29.6 Å². The number of nitrogens with zero attached hydrogens (tertiary/aromatic N) is 4. The smallest absolute Gasteiger partial charge is 0.416 e. The minimum atomic E-state index is -0.995. The Hall–Kier alpha value is -3.20. The van der Waals surface area contributed by atoms with E-state index in [4.69, 9.17) is 9.47 Å². The fourth-order valence-corrected chi connectivity index (χ4v) is 5.00. The summed E-state index contributed by atoms with van der Waals surface area (Å²) in [5, 5.41) is 14.7. The number of hydrogen-bond donors (Lipinski definition) is 2. The second kappa shape index (κ2) is 11.7. The van der Waals surface area contributed by atoms with Crippen LogP contribution in [0.4, 0.5) is 15.0 Å². The van der Waals surface area contributed by atoms with Crippen molar-refractivity contribution in [1.29, 1.82) is 0 Å². The van der Waals surface area contributed by atoms with Gasteiger partial charge in [-0.1, -0.05) is 11.8 Å². The fourth-order valence-electron chi connectivity index (χ4n) is 4.19. The van der Waals surface area contributed by atoms with Crippen LogP contribution in [0.5, 0.6) is 5.75 Å². The van der Waals surface area contributed by atoms with E-state index in [1.165, 1.54) is 46.6 Å². The molecule has 2 N–H and O–H groups in total. The van der Waals surface area contributed by atoms with E-state index >= 15 is 0 Å². The van der Waals surface area contributed by atoms with Gasteiger partial charge in [-0.25, -0.2) is 19.2 Å². The molecule has 2 aliphatic heterocycles. The molecule has 1 aromatic carbocycles. The summed E-state index contributed by atoms with van der Waals surface area (Å²) in [6.07, 6.45) is -0.390. The number of carbonyl (C=O) groups is 2. The summed E-state index contributed by atoms with van der Waals surface area (Å²) in [5.74, 6) is 0.00302. The molecule has 38 heavy (non-hydrogen) atoms. The van der Waals surface area contributed by atoms with Crippen molar-refractivity contribution in [2.24, 2.45) is 7.05 Å². The topological polar surface area (TPSA) is 136 Å². The van der Waals surface area contributed by atoms with E-state index in [2.05, 4.69) is 15.3 Å². The molecule has 1 saturated heterocycles. The van der Waals surface area contributed by atoms with Crippen molar-refractivity contribution in [3.05, 3.63) is 52.3 Å². The summed E-state index contributed by atoms with van der Waals surface area (Å²) < 4.78 is 26.7. The number of halogens is 1. The third-order valence-electron chi connectivity index (χ3n) is 6.04. The number of nitrogens with one attached hydrogen (secondary N) is 1. The standard InChI is InChI=1S/C24H24FN5O6S.H2S/c1-29-20(33)5-3-13-2-4-17(25)22(21(13)29)35-11-15(32)7-26-8-16-10-30(24(34)36-16)19-9-27-23-18(28-19)6-14(31)12-37-23;/h2-5,9,15-16,26,32H,6-8,10-12H2,1H3;1H2/t15?,16-;/m0./s1. The molecule has 0 bridgehead atoms. The number of rotatable bonds is 8. The number of pyridine rings is 1. The molecule has 14 heteroatoms. The maximum atomic E-state index is 14.4. The number of anilines is 1. The molecule has 1 amide bonds. The molecule has 2 aliphatic rings. The molecule has 202 valence electrons. The van der Waals surface area contributed by atoms with Crippen LogP contribution in [-0.2, 0) is 23.0 Å². The molecule has 0 aliphatic carbocycles. The highest BCUT2D eigenvalue weighted by Gasteiger charge is 2.34. The van der Waals surface area contributed by atoms with Crippen molar-refractivity contribution >= 4 is 53.9 Å². The highest BCUT2D eigenvalue weighted by Crippen LogP contribution is 2.29. The average molecular weight is 564 g/mol. The summed E-state index contributed by atoms with van der Waals surface area (Å²) in [4.78, 5) is 46.2. The van der Waals surface area contributed by atoms with Crippen LogP contribution < -0.4 is 20.5 Å². The van der Waals surface area contributed by atoms with Gasteiger partial charge in [0, 0.05) is 31.6 Å². The summed E-state index contributed by atoms with van der Waals surface area (Å²) in [6, 6.07) is 5.77. The number of aryl methyl sites for hydroxylation is 1. The molecule has 0 radical (unpaired) electrons. The molecule has 2 aromatic heterocycles. The number of amides is 1. The maximum absolute atomic E-state index is 14.4. The molecule has 11 nitrogen and oxygen atoms in total. The van der Waals surface area contributed by atoms with Crippen LogP contribution in [0, 0.1) is 5.82 Å². The lowest BCUT2D eigenvalue weighted by atomic mass is 10.2. The minimum absolute atomic E-state index is 0. The van der Waals surface area contributed by atoms with Crippen molar-refractivity contribution in [2.45, 2.75) is 23.7 Å². The van der Waals surface area contributed by atoms with Crippen molar-refractivity contribution in [2.75, 3.05) is 36.9 Å². The summed E-state index contributed by atoms with van der Waals surface area (Å²) in [5.41, 5.74) is 0.553. The largest absolute Gasteiger partial charge is 0.486 e. The molecule has 0 spiro atoms. The van der Waals surface area contributed by atoms with E-state index in [0.29, 0.717) is 33.2 Å². The first-order valence-corrected chi connectivity index (χ1v) is 12.6. The van der Waals surface area contributed by atoms with E-state index in [1.807, 2.05) is 0 Å². The molecular weight excluding hydrogens is 537 g/mol. The Morgan fingerprint density at radius 1 is 1.29 bits per heavy atom. The maximum Gasteiger partial charge on any atom is 0.416 e. The number of ether oxygens (including phenoxy) is 2. The molecule has 1 unspecified atom stereocenters. The van der Waals surface area contributed by atoms with E-state index in [1.54, 1.807) is 12.1 Å². The van der Waals surface area contributed by atoms with Gasteiger partial charge >= 0.3 is 6.09 Å². The SMILES string of the molecule is Cn1c(=O)ccc2ccc(F)c(OCC(O)CNC[C@H]3CN(c4cnc5c(n4)CC(=O)CS5)C(=O)O3)c21.S. The minimum Gasteiger partial charge on any atom is -0.486 e. The van der Waals surface area contributed by atoms with E-state index in [9.17, 15) is 23.9 Å². The predicted molar refractivity (Wildman–Crippen MR) is 143 cm³/mol. The van der Waals surface area contributed by atoms with Gasteiger partial charge in [0.2, 0.25) is 0 Å². The number of fused-ring (bicyclic) bond motifs is 2. The Morgan fingerprint density at radius 3 is 2.89 bits per heavy atom. The van der Waals surface area contributed by atoms with Gasteiger partial charge in [0.15, 0.2) is 17.4 Å². The van der Waals surface area contributed by atoms with Gasteiger partial charge in [-0.3, -0.25) is 14.5 Å². The van der Waals surface area contributed by atoms with Gasteiger partial charge in [-0.15, -0.1) is 0 Å². The van der Waals surface area contributed by atoms with E-state index < -0.39 is 24.1 Å². The van der Waals surface area contributed by atoms with Crippen LogP contribution >= 0.6 is 25.3 Å². The van der Waals surface area contributed by atoms with Gasteiger partial charge in [-0.2, -0.15) is 13.5 Å². The molecule has 0 saturated carbocycles. The second-order valence-electron chi connectivity index (χ2n) is 8.77. The van der Waals surface area contributed by atoms with Crippen molar-refractivity contribution in [3.8, 4) is 5.75 Å². The number of ketones is 1. The number of Topliss-reactive ketones (excluding diaryl/α,β-unsaturated/α-hetero) is 1. The zero-order chi connectivity index (χ0) is 26.1. The number of carbonyl (C=O) groups excluding carboxylic acids is 2. The summed E-state index contributed by atoms with van der Waals surface area (Å²) >= 11 is 1.33. The molecule has 4 heterocycles. The van der Waals surface area contributed by atoms with Crippen LogP contribution in [0.2, 0.25) is 0 Å². The number of cyclic esters (lactones) is 1. The normalized spacial score (nSPS) is 17.7. The molecule has 3 aromatic rings. The Kier molecular flexibility index (Phi) is 8.55. The Morgan fingerprint density at radius 2 is 2.08 bits per heavy atom. The van der Waals surface area contributed by atoms with E-state index in [-0.39, 0.29) is 63.2 Å². The number of aliphatic hydroxyl groups is 1. The zero-order valence-corrected chi connectivity index (χ0v) is 22.2. The number of aliphatic hydroxyl groups excluding tert-OH is 1. The lowest BCUT2D eigenvalue weighted by Crippen LogP contribution is -2.37. The van der Waals surface area contributed by atoms with Gasteiger partial charge in [-0.05, 0) is 18.2 Å². The molecule has 5 rings (SSSR count). The van der Waals surface area contributed by atoms with Crippen LogP contribution in [0.3, 0.4) is 0 Å². The third-order valence-corrected chi connectivity index (χ3v) is 7.12. The van der Waals surface area contributed by atoms with Crippen LogP contribution in [0.25, 0.3) is 10.9 Å². The van der Waals surface area contributed by atoms with Crippen LogP contribution in [0.15, 0.2) is 40.3 Å². The lowest BCUT2D eigenvalue weighted by molar-refractivity contribution is -0.116. The first kappa shape index (κ1) is 27.8. The van der Waals surface area contributed by atoms with Crippen molar-refractivity contribution < 1.29 is 28.6 Å². The first-order chi connectivity index (χ1) is 17.8. The zero-order valence-electron chi connectivity index (χ0n) is 20.3. The number of benzene rings is 1. The third kappa shape index (κ3) is 5.77. The van der Waals surface area contributed by atoms with Crippen LogP contribution in [-0.4, -0.2) is 75.7 Å². The lowest BCUT2D eigenvalue weighted by Gasteiger charge is -2.17. The average Bonchev–Trinajstić information content (AvgIpc) is 3.25. The second-order valence-corrected chi connectivity index (χ2v) is 9.73. The number of aromatic nitrogens is 3. The number of hydrogen-bond acceptors (Lipinski definition) is 10. The molecule has 1 fully saturated rings. The van der Waals surface area contributed by atoms with Gasteiger partial charge in [0.25, 0.3) is 5.56 Å². The van der Waals surface area contributed by atoms with Crippen molar-refractivity contribution in [3.63, 3.8) is 0 Å². The highest BCUT2D eigenvalue weighted by molar-refractivity contribution is 8.00. The quantitative estimate of drug-likeness (QED) is 0.411. The highest BCUT2D eigenvalue weighted by atomic mass is 32.2. The predicted octanol–water partition coefficient (Wildman–Crippen LogP) is 1.15. The monoisotopic (exact) mass is 563 g/mol. The van der Waals surface area contributed by atoms with Gasteiger partial charge in [0.05, 0.1) is 36.1 Å². The number of thioether (sulfide) groups is 1. The Balaban J connectivity index is 0.00000336. The summed E-state index contributed by atoms with van der Waals surface area (Å²) in [7, 11) is 1.52. The summed E-state index contributed by atoms with van der Waals surface area (Å²) in [6.45, 7) is 0.354. The van der Waals surface area contributed by atoms with Gasteiger partial charge < -0.3 is 24.5 Å². The first-order valence-electron chi connectivity index (χ1n) is 11.6. The molecule has 2 atom stereocenters. The molecular formula is C24H26FN5O6S2. The van der Waals surface area contributed by atoms with Crippen LogP contribution in [0.1, 0.15) is 5.69 Å². The van der Waals surface area contributed by atoms with E-state index in [0.717, 1.165) is 0 Å². The van der Waals surface area contributed by atoms with Crippen molar-refractivity contribution in [1.82, 2.24) is 19.9 Å².